The number of hydrogen-bond donors (Lipinski definition) is 2. The zero-order valence-corrected chi connectivity index (χ0v) is 19.8. The lowest BCUT2D eigenvalue weighted by atomic mass is 9.96. The number of benzene rings is 4. The van der Waals surface area contributed by atoms with Crippen molar-refractivity contribution in [2.75, 3.05) is 7.11 Å². The van der Waals surface area contributed by atoms with Gasteiger partial charge in [-0.3, -0.25) is 0 Å². The van der Waals surface area contributed by atoms with Crippen LogP contribution in [0, 0.1) is 6.92 Å². The Kier molecular flexibility index (Phi) is 6.84. The summed E-state index contributed by atoms with van der Waals surface area (Å²) in [6, 6.07) is 26.6. The molecule has 2 N–H and O–H groups in total. The van der Waals surface area contributed by atoms with Crippen molar-refractivity contribution in [3.63, 3.8) is 0 Å². The Balaban J connectivity index is 1.59. The Bertz CT molecular complexity index is 1400. The molecule has 0 radical (unpaired) electrons. The van der Waals surface area contributed by atoms with Crippen LogP contribution in [0.1, 0.15) is 22.7 Å². The summed E-state index contributed by atoms with van der Waals surface area (Å²) in [6.45, 7) is 1.86. The van der Waals surface area contributed by atoms with E-state index in [9.17, 15) is 13.2 Å². The number of amides is 2. The molecule has 34 heavy (non-hydrogen) atoms. The maximum absolute atomic E-state index is 12.8. The summed E-state index contributed by atoms with van der Waals surface area (Å²) < 4.78 is 32.7. The molecule has 0 saturated heterocycles. The second kappa shape index (κ2) is 9.97. The van der Waals surface area contributed by atoms with Crippen molar-refractivity contribution in [2.45, 2.75) is 24.3 Å². The summed E-state index contributed by atoms with van der Waals surface area (Å²) in [5.74, 6) is 0.737. The number of urea groups is 1. The van der Waals surface area contributed by atoms with E-state index in [0.717, 1.165) is 33.2 Å². The lowest BCUT2D eigenvalue weighted by molar-refractivity contribution is 0.242. The largest absolute Gasteiger partial charge is 0.497 e. The molecule has 0 fully saturated rings. The summed E-state index contributed by atoms with van der Waals surface area (Å²) >= 11 is 0. The first-order valence-electron chi connectivity index (χ1n) is 10.9. The van der Waals surface area contributed by atoms with Gasteiger partial charge in [-0.15, -0.1) is 0 Å². The van der Waals surface area contributed by atoms with Crippen molar-refractivity contribution < 1.29 is 17.9 Å². The smallest absolute Gasteiger partial charge is 0.329 e. The van der Waals surface area contributed by atoms with Gasteiger partial charge in [0.2, 0.25) is 0 Å². The molecule has 0 heterocycles. The molecule has 1 atom stereocenters. The first-order chi connectivity index (χ1) is 16.3. The first kappa shape index (κ1) is 23.3. The van der Waals surface area contributed by atoms with E-state index in [2.05, 4.69) is 10.0 Å². The minimum atomic E-state index is -4.00. The standard InChI is InChI=1S/C27H26N2O4S/c1-19-7-15-25(16-8-19)34(31,32)29-27(30)28-26(17-20-9-13-24(33-2)14-10-20)23-12-11-21-5-3-4-6-22(21)18-23/h3-16,18,26H,17H2,1-2H3,(H2,28,29,30). The minimum Gasteiger partial charge on any atom is -0.497 e. The second-order valence-electron chi connectivity index (χ2n) is 8.10. The van der Waals surface area contributed by atoms with Gasteiger partial charge in [-0.05, 0) is 65.6 Å². The number of methoxy groups -OCH3 is 1. The van der Waals surface area contributed by atoms with Crippen LogP contribution in [0.5, 0.6) is 5.75 Å². The first-order valence-corrected chi connectivity index (χ1v) is 12.3. The van der Waals surface area contributed by atoms with E-state index in [-0.39, 0.29) is 4.90 Å². The molecule has 2 amide bonds. The topological polar surface area (TPSA) is 84.5 Å². The van der Waals surface area contributed by atoms with E-state index in [1.807, 2.05) is 73.7 Å². The summed E-state index contributed by atoms with van der Waals surface area (Å²) in [5, 5.41) is 4.97. The number of ether oxygens (including phenoxy) is 1. The summed E-state index contributed by atoms with van der Waals surface area (Å²) in [7, 11) is -2.39. The molecule has 4 rings (SSSR count). The normalized spacial score (nSPS) is 12.2. The highest BCUT2D eigenvalue weighted by Gasteiger charge is 2.21. The third-order valence-corrected chi connectivity index (χ3v) is 6.99. The summed E-state index contributed by atoms with van der Waals surface area (Å²) in [6.07, 6.45) is 0.473. The van der Waals surface area contributed by atoms with Crippen molar-refractivity contribution in [3.05, 3.63) is 108 Å². The predicted octanol–water partition coefficient (Wildman–Crippen LogP) is 5.13. The minimum absolute atomic E-state index is 0.0330. The molecule has 7 heteroatoms. The molecule has 0 saturated carbocycles. The maximum Gasteiger partial charge on any atom is 0.329 e. The van der Waals surface area contributed by atoms with Crippen molar-refractivity contribution >= 4 is 26.8 Å². The molecule has 0 aliphatic heterocycles. The van der Waals surface area contributed by atoms with Crippen LogP contribution in [0.15, 0.2) is 95.9 Å². The maximum atomic E-state index is 12.8. The number of fused-ring (bicyclic) bond motifs is 1. The Morgan fingerprint density at radius 1 is 0.882 bits per heavy atom. The van der Waals surface area contributed by atoms with Crippen molar-refractivity contribution in [2.24, 2.45) is 0 Å². The molecule has 4 aromatic carbocycles. The van der Waals surface area contributed by atoms with Crippen LogP contribution in [-0.4, -0.2) is 21.6 Å². The van der Waals surface area contributed by atoms with Gasteiger partial charge in [0.1, 0.15) is 5.75 Å². The zero-order chi connectivity index (χ0) is 24.1. The van der Waals surface area contributed by atoms with Gasteiger partial charge in [0.05, 0.1) is 18.0 Å². The van der Waals surface area contributed by atoms with Gasteiger partial charge in [0, 0.05) is 0 Å². The highest BCUT2D eigenvalue weighted by molar-refractivity contribution is 7.90. The number of sulfonamides is 1. The predicted molar refractivity (Wildman–Crippen MR) is 133 cm³/mol. The number of carbonyl (C=O) groups is 1. The van der Waals surface area contributed by atoms with Crippen molar-refractivity contribution in [3.8, 4) is 5.75 Å². The van der Waals surface area contributed by atoms with Gasteiger partial charge < -0.3 is 10.1 Å². The third kappa shape index (κ3) is 5.55. The van der Waals surface area contributed by atoms with Crippen molar-refractivity contribution in [1.29, 1.82) is 0 Å². The Morgan fingerprint density at radius 2 is 1.56 bits per heavy atom. The SMILES string of the molecule is COc1ccc(CC(NC(=O)NS(=O)(=O)c2ccc(C)cc2)c2ccc3ccccc3c2)cc1. The van der Waals surface area contributed by atoms with E-state index in [1.54, 1.807) is 19.2 Å². The van der Waals surface area contributed by atoms with Crippen LogP contribution in [0.3, 0.4) is 0 Å². The van der Waals surface area contributed by atoms with E-state index in [1.165, 1.54) is 12.1 Å². The molecule has 0 aliphatic carbocycles. The fourth-order valence-corrected chi connectivity index (χ4v) is 4.68. The summed E-state index contributed by atoms with van der Waals surface area (Å²) in [5.41, 5.74) is 2.78. The van der Waals surface area contributed by atoms with Crippen LogP contribution >= 0.6 is 0 Å². The van der Waals surface area contributed by atoms with Gasteiger partial charge in [-0.1, -0.05) is 66.2 Å². The number of nitrogens with one attached hydrogen (secondary N) is 2. The molecule has 6 nitrogen and oxygen atoms in total. The molecule has 174 valence electrons. The van der Waals surface area contributed by atoms with Crippen LogP contribution in [0.2, 0.25) is 0 Å². The zero-order valence-electron chi connectivity index (χ0n) is 19.0. The number of hydrogen-bond acceptors (Lipinski definition) is 4. The molecular weight excluding hydrogens is 448 g/mol. The molecule has 4 aromatic rings. The van der Waals surface area contributed by atoms with E-state index in [0.29, 0.717) is 6.42 Å². The Morgan fingerprint density at radius 3 is 2.24 bits per heavy atom. The highest BCUT2D eigenvalue weighted by atomic mass is 32.2. The van der Waals surface area contributed by atoms with E-state index in [4.69, 9.17) is 4.74 Å². The third-order valence-electron chi connectivity index (χ3n) is 5.64. The summed E-state index contributed by atoms with van der Waals surface area (Å²) in [4.78, 5) is 12.8. The van der Waals surface area contributed by atoms with Gasteiger partial charge >= 0.3 is 6.03 Å². The molecule has 0 spiro atoms. The van der Waals surface area contributed by atoms with Crippen molar-refractivity contribution in [1.82, 2.24) is 10.0 Å². The van der Waals surface area contributed by atoms with E-state index < -0.39 is 22.1 Å². The lowest BCUT2D eigenvalue weighted by Crippen LogP contribution is -2.41. The Hall–Kier alpha value is -3.84. The molecule has 0 bridgehead atoms. The van der Waals surface area contributed by atoms with Crippen LogP contribution in [0.4, 0.5) is 4.79 Å². The van der Waals surface area contributed by atoms with Crippen LogP contribution in [-0.2, 0) is 16.4 Å². The lowest BCUT2D eigenvalue weighted by Gasteiger charge is -2.21. The molecule has 1 unspecified atom stereocenters. The average molecular weight is 475 g/mol. The number of carbonyl (C=O) groups excluding carboxylic acids is 1. The average Bonchev–Trinajstić information content (AvgIpc) is 2.83. The van der Waals surface area contributed by atoms with Gasteiger partial charge in [-0.25, -0.2) is 17.9 Å². The van der Waals surface area contributed by atoms with E-state index >= 15 is 0 Å². The van der Waals surface area contributed by atoms with Gasteiger partial charge in [0.25, 0.3) is 10.0 Å². The Labute approximate surface area is 199 Å². The number of aryl methyl sites for hydroxylation is 1. The van der Waals surface area contributed by atoms with Gasteiger partial charge in [-0.2, -0.15) is 0 Å². The monoisotopic (exact) mass is 474 g/mol. The number of rotatable bonds is 7. The molecular formula is C27H26N2O4S. The van der Waals surface area contributed by atoms with Crippen LogP contribution in [0.25, 0.3) is 10.8 Å². The van der Waals surface area contributed by atoms with Gasteiger partial charge in [0.15, 0.2) is 0 Å². The highest BCUT2D eigenvalue weighted by Crippen LogP contribution is 2.24. The fraction of sp³-hybridized carbons (Fsp3) is 0.148. The molecule has 0 aliphatic rings. The fourth-order valence-electron chi connectivity index (χ4n) is 3.76. The quantitative estimate of drug-likeness (QED) is 0.389. The second-order valence-corrected chi connectivity index (χ2v) is 9.79. The van der Waals surface area contributed by atoms with Crippen LogP contribution < -0.4 is 14.8 Å². The molecule has 0 aromatic heterocycles.